The molecule has 0 spiro atoms. The van der Waals surface area contributed by atoms with Crippen LogP contribution in [0.2, 0.25) is 0 Å². The fourth-order valence-electron chi connectivity index (χ4n) is 3.65. The van der Waals surface area contributed by atoms with Gasteiger partial charge >= 0.3 is 6.18 Å². The highest BCUT2D eigenvalue weighted by atomic mass is 19.4. The van der Waals surface area contributed by atoms with Crippen molar-refractivity contribution in [3.63, 3.8) is 0 Å². The summed E-state index contributed by atoms with van der Waals surface area (Å²) in [5.74, 6) is -3.57. The van der Waals surface area contributed by atoms with Crippen LogP contribution in [-0.4, -0.2) is 23.6 Å². The number of carbonyl (C=O) groups excluding carboxylic acids is 4. The number of hydrogen-bond acceptors (Lipinski definition) is 4. The molecule has 1 aliphatic rings. The van der Waals surface area contributed by atoms with Gasteiger partial charge in [0.05, 0.1) is 22.5 Å². The van der Waals surface area contributed by atoms with E-state index < -0.39 is 46.9 Å². The molecule has 7 nitrogen and oxygen atoms in total. The summed E-state index contributed by atoms with van der Waals surface area (Å²) in [5.41, 5.74) is -2.39. The van der Waals surface area contributed by atoms with Gasteiger partial charge in [0.25, 0.3) is 11.8 Å². The van der Waals surface area contributed by atoms with Crippen molar-refractivity contribution in [1.29, 1.82) is 0 Å². The average Bonchev–Trinajstić information content (AvgIpc) is 3.17. The van der Waals surface area contributed by atoms with Gasteiger partial charge in [0.1, 0.15) is 5.82 Å². The summed E-state index contributed by atoms with van der Waals surface area (Å²) < 4.78 is 55.1. The lowest BCUT2D eigenvalue weighted by atomic mass is 10.1. The van der Waals surface area contributed by atoms with E-state index in [-0.39, 0.29) is 35.3 Å². The zero-order chi connectivity index (χ0) is 26.0. The smallest absolute Gasteiger partial charge is 0.322 e. The fourth-order valence-corrected chi connectivity index (χ4v) is 3.65. The van der Waals surface area contributed by atoms with E-state index in [1.54, 1.807) is 0 Å². The molecule has 4 amide bonds. The lowest BCUT2D eigenvalue weighted by molar-refractivity contribution is -0.137. The summed E-state index contributed by atoms with van der Waals surface area (Å²) in [4.78, 5) is 49.8. The highest BCUT2D eigenvalue weighted by Gasteiger charge is 2.35. The molecule has 0 atom stereocenters. The second-order valence-electron chi connectivity index (χ2n) is 7.82. The molecule has 1 fully saturated rings. The van der Waals surface area contributed by atoms with E-state index in [4.69, 9.17) is 0 Å². The van der Waals surface area contributed by atoms with Gasteiger partial charge in [0, 0.05) is 24.1 Å². The Morgan fingerprint density at radius 2 is 1.50 bits per heavy atom. The van der Waals surface area contributed by atoms with Crippen LogP contribution in [0, 0.1) is 5.82 Å². The van der Waals surface area contributed by atoms with Gasteiger partial charge in [-0.05, 0) is 48.5 Å². The predicted octanol–water partition coefficient (Wildman–Crippen LogP) is 5.00. The molecule has 0 aromatic heterocycles. The van der Waals surface area contributed by atoms with Crippen molar-refractivity contribution < 1.29 is 36.7 Å². The predicted molar refractivity (Wildman–Crippen MR) is 122 cm³/mol. The second kappa shape index (κ2) is 9.61. The van der Waals surface area contributed by atoms with Gasteiger partial charge in [-0.3, -0.25) is 24.1 Å². The number of benzene rings is 3. The SMILES string of the molecule is O=C(Nc1ccc(NC(=O)c2ccccc2F)cc1C(F)(F)F)c1cccc(N2C(=O)CCC2=O)c1. The Morgan fingerprint density at radius 3 is 2.17 bits per heavy atom. The third-order valence-corrected chi connectivity index (χ3v) is 5.37. The quantitative estimate of drug-likeness (QED) is 0.382. The van der Waals surface area contributed by atoms with Crippen LogP contribution in [0.3, 0.4) is 0 Å². The van der Waals surface area contributed by atoms with Crippen LogP contribution >= 0.6 is 0 Å². The fraction of sp³-hybridized carbons (Fsp3) is 0.120. The van der Waals surface area contributed by atoms with E-state index in [1.807, 2.05) is 0 Å². The monoisotopic (exact) mass is 499 g/mol. The molecule has 3 aromatic rings. The van der Waals surface area contributed by atoms with Crippen molar-refractivity contribution in [2.45, 2.75) is 19.0 Å². The van der Waals surface area contributed by atoms with E-state index in [2.05, 4.69) is 10.6 Å². The molecule has 1 heterocycles. The van der Waals surface area contributed by atoms with Gasteiger partial charge in [-0.15, -0.1) is 0 Å². The Hall–Kier alpha value is -4.54. The van der Waals surface area contributed by atoms with Crippen LogP contribution in [0.25, 0.3) is 0 Å². The number of rotatable bonds is 5. The maximum atomic E-state index is 13.8. The molecule has 0 unspecified atom stereocenters. The van der Waals surface area contributed by atoms with Crippen LogP contribution in [0.5, 0.6) is 0 Å². The molecule has 0 saturated carbocycles. The molecule has 0 bridgehead atoms. The molecule has 0 radical (unpaired) electrons. The Bertz CT molecular complexity index is 1370. The molecule has 184 valence electrons. The number of alkyl halides is 3. The van der Waals surface area contributed by atoms with Crippen molar-refractivity contribution in [3.05, 3.63) is 89.2 Å². The number of amides is 4. The first-order valence-corrected chi connectivity index (χ1v) is 10.6. The minimum Gasteiger partial charge on any atom is -0.322 e. The number of carbonyl (C=O) groups is 4. The van der Waals surface area contributed by atoms with Crippen LogP contribution in [0.1, 0.15) is 39.1 Å². The maximum Gasteiger partial charge on any atom is 0.418 e. The van der Waals surface area contributed by atoms with Gasteiger partial charge in [-0.1, -0.05) is 18.2 Å². The van der Waals surface area contributed by atoms with E-state index in [9.17, 15) is 36.7 Å². The summed E-state index contributed by atoms with van der Waals surface area (Å²) >= 11 is 0. The normalized spacial score (nSPS) is 13.6. The Kier molecular flexibility index (Phi) is 6.56. The van der Waals surface area contributed by atoms with Gasteiger partial charge in [0.2, 0.25) is 11.8 Å². The van der Waals surface area contributed by atoms with Gasteiger partial charge in [0.15, 0.2) is 0 Å². The molecule has 2 N–H and O–H groups in total. The van der Waals surface area contributed by atoms with Crippen molar-refractivity contribution >= 4 is 40.7 Å². The minimum atomic E-state index is -4.91. The minimum absolute atomic E-state index is 0.0317. The van der Waals surface area contributed by atoms with E-state index in [0.717, 1.165) is 23.1 Å². The van der Waals surface area contributed by atoms with Crippen molar-refractivity contribution in [2.75, 3.05) is 15.5 Å². The van der Waals surface area contributed by atoms with Crippen molar-refractivity contribution in [1.82, 2.24) is 0 Å². The summed E-state index contributed by atoms with van der Waals surface area (Å²) in [6, 6.07) is 13.1. The Balaban J connectivity index is 1.58. The van der Waals surface area contributed by atoms with E-state index >= 15 is 0 Å². The number of halogens is 4. The largest absolute Gasteiger partial charge is 0.418 e. The summed E-state index contributed by atoms with van der Waals surface area (Å²) in [7, 11) is 0. The second-order valence-corrected chi connectivity index (χ2v) is 7.82. The first-order chi connectivity index (χ1) is 17.0. The molecule has 11 heteroatoms. The number of anilines is 3. The lowest BCUT2D eigenvalue weighted by Crippen LogP contribution is -2.28. The van der Waals surface area contributed by atoms with Gasteiger partial charge in [-0.25, -0.2) is 4.39 Å². The zero-order valence-corrected chi connectivity index (χ0v) is 18.4. The molecule has 36 heavy (non-hydrogen) atoms. The Labute approximate surface area is 201 Å². The van der Waals surface area contributed by atoms with E-state index in [1.165, 1.54) is 42.5 Å². The molecule has 4 rings (SSSR count). The van der Waals surface area contributed by atoms with Crippen molar-refractivity contribution in [3.8, 4) is 0 Å². The summed E-state index contributed by atoms with van der Waals surface area (Å²) in [5, 5.41) is 4.38. The molecule has 0 aliphatic carbocycles. The summed E-state index contributed by atoms with van der Waals surface area (Å²) in [6.07, 6.45) is -4.84. The third kappa shape index (κ3) is 5.09. The standard InChI is InChI=1S/C25H17F4N3O4/c26-19-7-2-1-6-17(19)24(36)30-15-8-9-20(18(13-15)25(27,28)29)31-23(35)14-4-3-5-16(12-14)32-21(33)10-11-22(32)34/h1-9,12-13H,10-11H2,(H,30,36)(H,31,35). The van der Waals surface area contributed by atoms with Gasteiger partial charge < -0.3 is 10.6 Å². The van der Waals surface area contributed by atoms with Crippen LogP contribution < -0.4 is 15.5 Å². The zero-order valence-electron chi connectivity index (χ0n) is 18.4. The molecule has 3 aromatic carbocycles. The number of imide groups is 1. The third-order valence-electron chi connectivity index (χ3n) is 5.37. The first-order valence-electron chi connectivity index (χ1n) is 10.6. The molecule has 1 saturated heterocycles. The number of nitrogens with one attached hydrogen (secondary N) is 2. The Morgan fingerprint density at radius 1 is 0.806 bits per heavy atom. The maximum absolute atomic E-state index is 13.8. The van der Waals surface area contributed by atoms with Crippen molar-refractivity contribution in [2.24, 2.45) is 0 Å². The average molecular weight is 499 g/mol. The van der Waals surface area contributed by atoms with Crippen LogP contribution in [0.15, 0.2) is 66.7 Å². The summed E-state index contributed by atoms with van der Waals surface area (Å²) in [6.45, 7) is 0. The molecular weight excluding hydrogens is 482 g/mol. The molecular formula is C25H17F4N3O4. The number of hydrogen-bond donors (Lipinski definition) is 2. The van der Waals surface area contributed by atoms with E-state index in [0.29, 0.717) is 6.07 Å². The van der Waals surface area contributed by atoms with Crippen LogP contribution in [0.4, 0.5) is 34.6 Å². The van der Waals surface area contributed by atoms with Gasteiger partial charge in [-0.2, -0.15) is 13.2 Å². The molecule has 1 aliphatic heterocycles. The lowest BCUT2D eigenvalue weighted by Gasteiger charge is -2.17. The highest BCUT2D eigenvalue weighted by molar-refractivity contribution is 6.20. The first kappa shape index (κ1) is 24.6. The number of nitrogens with zero attached hydrogens (tertiary/aromatic N) is 1. The highest BCUT2D eigenvalue weighted by Crippen LogP contribution is 2.37. The van der Waals surface area contributed by atoms with Crippen LogP contribution in [-0.2, 0) is 15.8 Å². The topological polar surface area (TPSA) is 95.6 Å².